The van der Waals surface area contributed by atoms with E-state index in [4.69, 9.17) is 0 Å². The van der Waals surface area contributed by atoms with Crippen LogP contribution in [0, 0.1) is 0 Å². The van der Waals surface area contributed by atoms with Gasteiger partial charge in [-0.1, -0.05) is 0 Å². The Hall–Kier alpha value is -0.554. The third kappa shape index (κ3) is 5.58. The number of carbonyl (C=O) groups is 3. The van der Waals surface area contributed by atoms with Gasteiger partial charge in [0, 0.05) is 13.8 Å². The second-order valence-corrected chi connectivity index (χ2v) is 1.44. The van der Waals surface area contributed by atoms with E-state index in [9.17, 15) is 14.4 Å². The van der Waals surface area contributed by atoms with E-state index in [1.807, 2.05) is 0 Å². The summed E-state index contributed by atoms with van der Waals surface area (Å²) in [6, 6.07) is 0. The van der Waals surface area contributed by atoms with Crippen LogP contribution in [0.15, 0.2) is 0 Å². The van der Waals surface area contributed by atoms with Crippen LogP contribution >= 0.6 is 0 Å². The van der Waals surface area contributed by atoms with Crippen molar-refractivity contribution in [2.45, 2.75) is 13.8 Å². The monoisotopic (exact) mass is 202 g/mol. The Kier molecular flexibility index (Phi) is 6.38. The molecule has 5 heteroatoms. The van der Waals surface area contributed by atoms with Crippen molar-refractivity contribution in [2.24, 2.45) is 0 Å². The molecule has 0 atom stereocenters. The first-order valence-corrected chi connectivity index (χ1v) is 2.27. The van der Waals surface area contributed by atoms with Gasteiger partial charge < -0.3 is 4.74 Å². The average molecular weight is 203 g/mol. The van der Waals surface area contributed by atoms with Gasteiger partial charge in [-0.05, 0) is 0 Å². The Morgan fingerprint density at radius 3 is 1.60 bits per heavy atom. The summed E-state index contributed by atoms with van der Waals surface area (Å²) in [5, 5.41) is 0. The second kappa shape index (κ2) is 5.25. The fraction of sp³-hybridized carbons (Fsp3) is 0.400. The Bertz CT molecular complexity index is 163. The number of carbonyl (C=O) groups excluding carboxylic acids is 3. The molecule has 0 aliphatic carbocycles. The molecule has 0 fully saturated rings. The molecule has 0 aliphatic heterocycles. The van der Waals surface area contributed by atoms with Crippen molar-refractivity contribution in [3.05, 3.63) is 0 Å². The molecule has 0 aliphatic rings. The molecule has 0 rings (SSSR count). The molecule has 0 heterocycles. The van der Waals surface area contributed by atoms with E-state index in [1.54, 1.807) is 0 Å². The third-order valence-electron chi connectivity index (χ3n) is 0.524. The van der Waals surface area contributed by atoms with E-state index >= 15 is 0 Å². The Morgan fingerprint density at radius 2 is 1.50 bits per heavy atom. The third-order valence-corrected chi connectivity index (χ3v) is 0.524. The van der Waals surface area contributed by atoms with Crippen LogP contribution in [0.5, 0.6) is 0 Å². The first kappa shape index (κ1) is 12.2. The van der Waals surface area contributed by atoms with Crippen molar-refractivity contribution in [1.29, 1.82) is 0 Å². The molecule has 0 aromatic carbocycles. The van der Waals surface area contributed by atoms with Crippen LogP contribution in [0.4, 0.5) is 0 Å². The van der Waals surface area contributed by atoms with E-state index in [2.05, 4.69) is 4.74 Å². The normalized spacial score (nSPS) is 7.40. The molecule has 56 valence electrons. The number of ketones is 1. The van der Waals surface area contributed by atoms with Crippen LogP contribution in [0.2, 0.25) is 0 Å². The summed E-state index contributed by atoms with van der Waals surface area (Å²) < 4.78 is 3.88. The molecule has 0 saturated heterocycles. The zero-order valence-electron chi connectivity index (χ0n) is 5.13. The molecule has 4 nitrogen and oxygen atoms in total. The molecule has 0 saturated carbocycles. The van der Waals surface area contributed by atoms with Gasteiger partial charge in [-0.3, -0.25) is 9.59 Å². The van der Waals surface area contributed by atoms with Gasteiger partial charge in [0.05, 0.1) is 0 Å². The summed E-state index contributed by atoms with van der Waals surface area (Å²) in [5.74, 6) is -2.65. The van der Waals surface area contributed by atoms with E-state index in [-0.39, 0.29) is 19.8 Å². The van der Waals surface area contributed by atoms with Gasteiger partial charge in [0.15, 0.2) is 0 Å². The maximum atomic E-state index is 10.2. The fourth-order valence-corrected chi connectivity index (χ4v) is 0.202. The first-order chi connectivity index (χ1) is 4.04. The van der Waals surface area contributed by atoms with Gasteiger partial charge in [-0.15, -0.1) is 0 Å². The summed E-state index contributed by atoms with van der Waals surface area (Å²) in [6.07, 6.45) is 0. The van der Waals surface area contributed by atoms with E-state index in [0.717, 1.165) is 13.8 Å². The fourth-order valence-electron chi connectivity index (χ4n) is 0.202. The van der Waals surface area contributed by atoms with Gasteiger partial charge in [-0.25, -0.2) is 4.79 Å². The summed E-state index contributed by atoms with van der Waals surface area (Å²) in [6.45, 7) is 2.09. The standard InChI is InChI=1S/C5H6O4.Ga.3H/c1-3(6)5(8)9-4(2)7;;;;/h1-2H3;;;;. The van der Waals surface area contributed by atoms with Crippen molar-refractivity contribution < 1.29 is 19.1 Å². The van der Waals surface area contributed by atoms with Crippen molar-refractivity contribution in [1.82, 2.24) is 0 Å². The number of Topliss-reactive ketones (excluding diaryl/α,β-unsaturated/α-hetero) is 1. The van der Waals surface area contributed by atoms with Gasteiger partial charge in [0.25, 0.3) is 0 Å². The predicted octanol–water partition coefficient (Wildman–Crippen LogP) is -1.52. The van der Waals surface area contributed by atoms with Crippen molar-refractivity contribution in [2.75, 3.05) is 0 Å². The molecule has 0 unspecified atom stereocenters. The van der Waals surface area contributed by atoms with Crippen molar-refractivity contribution in [3.8, 4) is 0 Å². The van der Waals surface area contributed by atoms with Crippen LogP contribution < -0.4 is 0 Å². The summed E-state index contributed by atoms with van der Waals surface area (Å²) in [4.78, 5) is 30.2. The minimum absolute atomic E-state index is 0. The summed E-state index contributed by atoms with van der Waals surface area (Å²) in [5.41, 5.74) is 0. The van der Waals surface area contributed by atoms with Crippen LogP contribution in [0.3, 0.4) is 0 Å². The number of rotatable bonds is 1. The molecule has 0 N–H and O–H groups in total. The Balaban J connectivity index is 0. The van der Waals surface area contributed by atoms with E-state index in [0.29, 0.717) is 0 Å². The van der Waals surface area contributed by atoms with Gasteiger partial charge in [0.2, 0.25) is 5.78 Å². The van der Waals surface area contributed by atoms with Gasteiger partial charge in [-0.2, -0.15) is 0 Å². The van der Waals surface area contributed by atoms with Crippen molar-refractivity contribution >= 4 is 37.5 Å². The first-order valence-electron chi connectivity index (χ1n) is 2.27. The molecule has 0 radical (unpaired) electrons. The molecular formula is C5H9GaO4. The molecule has 0 amide bonds. The number of hydrogen-bond acceptors (Lipinski definition) is 4. The Morgan fingerprint density at radius 1 is 1.10 bits per heavy atom. The molecule has 0 bridgehead atoms. The molecule has 10 heavy (non-hydrogen) atoms. The quantitative estimate of drug-likeness (QED) is 0.224. The molecule has 0 spiro atoms. The summed E-state index contributed by atoms with van der Waals surface area (Å²) in [7, 11) is 0. The van der Waals surface area contributed by atoms with E-state index in [1.165, 1.54) is 0 Å². The van der Waals surface area contributed by atoms with Gasteiger partial charge in [0.1, 0.15) is 0 Å². The van der Waals surface area contributed by atoms with Crippen molar-refractivity contribution in [3.63, 3.8) is 0 Å². The SMILES string of the molecule is CC(=O)OC(=O)C(C)=O.[GaH3]. The Labute approximate surface area is 71.0 Å². The van der Waals surface area contributed by atoms with Crippen LogP contribution in [0.1, 0.15) is 13.8 Å². The van der Waals surface area contributed by atoms with Crippen LogP contribution in [-0.4, -0.2) is 37.5 Å². The van der Waals surface area contributed by atoms with Crippen LogP contribution in [-0.2, 0) is 19.1 Å². The number of hydrogen-bond donors (Lipinski definition) is 0. The second-order valence-electron chi connectivity index (χ2n) is 1.44. The average Bonchev–Trinajstić information content (AvgIpc) is 1.63. The topological polar surface area (TPSA) is 60.4 Å². The van der Waals surface area contributed by atoms with E-state index < -0.39 is 17.7 Å². The number of ether oxygens (including phenoxy) is 1. The minimum atomic E-state index is -1.11. The number of esters is 2. The molecule has 0 aromatic heterocycles. The predicted molar refractivity (Wildman–Crippen MR) is 37.4 cm³/mol. The molecular weight excluding hydrogens is 194 g/mol. The zero-order valence-corrected chi connectivity index (χ0v) is 5.13. The van der Waals surface area contributed by atoms with Gasteiger partial charge >= 0.3 is 31.7 Å². The zero-order chi connectivity index (χ0) is 7.44. The maximum absolute atomic E-state index is 10.2. The molecule has 0 aromatic rings. The van der Waals surface area contributed by atoms with Crippen LogP contribution in [0.25, 0.3) is 0 Å². The summed E-state index contributed by atoms with van der Waals surface area (Å²) >= 11 is 0.